The maximum atomic E-state index is 12.0. The van der Waals surface area contributed by atoms with Crippen molar-refractivity contribution in [2.45, 2.75) is 39.2 Å². The third-order valence-corrected chi connectivity index (χ3v) is 3.05. The fraction of sp³-hybridized carbons (Fsp3) is 0.846. The summed E-state index contributed by atoms with van der Waals surface area (Å²) in [6, 6.07) is -0.685. The van der Waals surface area contributed by atoms with Crippen LogP contribution in [0.3, 0.4) is 0 Å². The Bertz CT molecular complexity index is 297. The molecule has 1 aliphatic rings. The van der Waals surface area contributed by atoms with Gasteiger partial charge in [0.15, 0.2) is 0 Å². The van der Waals surface area contributed by atoms with Crippen molar-refractivity contribution in [3.63, 3.8) is 0 Å². The van der Waals surface area contributed by atoms with E-state index in [9.17, 15) is 9.59 Å². The smallest absolute Gasteiger partial charge is 0.318 e. The molecule has 3 amide bonds. The van der Waals surface area contributed by atoms with Crippen LogP contribution in [-0.4, -0.2) is 55.7 Å². The van der Waals surface area contributed by atoms with Crippen molar-refractivity contribution in [1.29, 1.82) is 0 Å². The number of unbranched alkanes of at least 4 members (excludes halogenated alkanes) is 1. The Kier molecular flexibility index (Phi) is 7.25. The van der Waals surface area contributed by atoms with Crippen LogP contribution < -0.4 is 10.6 Å². The first-order chi connectivity index (χ1) is 9.20. The van der Waals surface area contributed by atoms with Crippen molar-refractivity contribution in [3.05, 3.63) is 0 Å². The Morgan fingerprint density at radius 3 is 2.68 bits per heavy atom. The number of rotatable bonds is 6. The zero-order valence-corrected chi connectivity index (χ0v) is 11.9. The molecule has 0 aromatic carbocycles. The van der Waals surface area contributed by atoms with E-state index in [0.717, 1.165) is 19.3 Å². The van der Waals surface area contributed by atoms with E-state index in [1.54, 1.807) is 4.90 Å². The van der Waals surface area contributed by atoms with Gasteiger partial charge >= 0.3 is 6.03 Å². The van der Waals surface area contributed by atoms with Crippen LogP contribution in [0.2, 0.25) is 0 Å². The van der Waals surface area contributed by atoms with Crippen LogP contribution in [0.4, 0.5) is 4.79 Å². The van der Waals surface area contributed by atoms with Crippen molar-refractivity contribution < 1.29 is 14.3 Å². The zero-order valence-electron chi connectivity index (χ0n) is 11.9. The lowest BCUT2D eigenvalue weighted by atomic mass is 10.2. The Morgan fingerprint density at radius 1 is 1.21 bits per heavy atom. The number of carbonyl (C=O) groups excluding carboxylic acids is 2. The molecule has 6 nitrogen and oxygen atoms in total. The van der Waals surface area contributed by atoms with Gasteiger partial charge in [0.05, 0.1) is 13.2 Å². The quantitative estimate of drug-likeness (QED) is 0.699. The lowest BCUT2D eigenvalue weighted by Gasteiger charge is -2.34. The van der Waals surface area contributed by atoms with E-state index in [4.69, 9.17) is 4.74 Å². The van der Waals surface area contributed by atoms with Gasteiger partial charge in [-0.15, -0.1) is 0 Å². The summed E-state index contributed by atoms with van der Waals surface area (Å²) in [5, 5.41) is 5.66. The van der Waals surface area contributed by atoms with Crippen molar-refractivity contribution in [2.75, 3.05) is 32.8 Å². The third kappa shape index (κ3) is 5.06. The minimum Gasteiger partial charge on any atom is -0.377 e. The Morgan fingerprint density at radius 2 is 2.00 bits per heavy atom. The summed E-state index contributed by atoms with van der Waals surface area (Å²) in [5.74, 6) is -0.132. The maximum absolute atomic E-state index is 12.0. The molecule has 6 heteroatoms. The second-order valence-electron chi connectivity index (χ2n) is 4.66. The van der Waals surface area contributed by atoms with E-state index in [1.165, 1.54) is 0 Å². The molecule has 1 heterocycles. The molecule has 1 unspecified atom stereocenters. The molecule has 0 aliphatic carbocycles. The molecule has 1 atom stereocenters. The number of hydrogen-bond acceptors (Lipinski definition) is 3. The fourth-order valence-electron chi connectivity index (χ4n) is 1.90. The third-order valence-electron chi connectivity index (χ3n) is 3.05. The van der Waals surface area contributed by atoms with Crippen LogP contribution in [0.1, 0.15) is 33.1 Å². The van der Waals surface area contributed by atoms with Crippen LogP contribution >= 0.6 is 0 Å². The van der Waals surface area contributed by atoms with Gasteiger partial charge in [0.25, 0.3) is 0 Å². The van der Waals surface area contributed by atoms with E-state index < -0.39 is 6.04 Å². The average molecular weight is 271 g/mol. The second-order valence-corrected chi connectivity index (χ2v) is 4.66. The van der Waals surface area contributed by atoms with Gasteiger partial charge in [0, 0.05) is 19.6 Å². The van der Waals surface area contributed by atoms with Gasteiger partial charge in [-0.05, 0) is 12.8 Å². The summed E-state index contributed by atoms with van der Waals surface area (Å²) in [7, 11) is 0. The number of nitrogens with one attached hydrogen (secondary N) is 2. The molecule has 0 bridgehead atoms. The molecule has 0 aromatic heterocycles. The highest BCUT2D eigenvalue weighted by Gasteiger charge is 2.32. The predicted octanol–water partition coefficient (Wildman–Crippen LogP) is 0.723. The summed E-state index contributed by atoms with van der Waals surface area (Å²) in [6.45, 7) is 6.56. The van der Waals surface area contributed by atoms with Crippen LogP contribution in [0.15, 0.2) is 0 Å². The lowest BCUT2D eigenvalue weighted by Crippen LogP contribution is -2.58. The van der Waals surface area contributed by atoms with E-state index in [0.29, 0.717) is 26.2 Å². The Balaban J connectivity index is 2.51. The van der Waals surface area contributed by atoms with E-state index in [2.05, 4.69) is 17.6 Å². The number of urea groups is 1. The number of ether oxygens (including phenoxy) is 1. The summed E-state index contributed by atoms with van der Waals surface area (Å²) in [4.78, 5) is 25.6. The highest BCUT2D eigenvalue weighted by Crippen LogP contribution is 2.07. The molecular formula is C13H25N3O3. The standard InChI is InChI=1S/C13H25N3O3/c1-3-5-7-15-13(18)16-8-9-19-10-11(16)12(17)14-6-4-2/h11H,3-10H2,1-2H3,(H,14,17)(H,15,18). The first kappa shape index (κ1) is 15.8. The van der Waals surface area contributed by atoms with Gasteiger partial charge in [-0.25, -0.2) is 4.79 Å². The molecule has 1 saturated heterocycles. The fourth-order valence-corrected chi connectivity index (χ4v) is 1.90. The number of carbonyl (C=O) groups is 2. The highest BCUT2D eigenvalue weighted by molar-refractivity contribution is 5.87. The summed E-state index contributed by atoms with van der Waals surface area (Å²) in [6.07, 6.45) is 2.86. The molecule has 0 saturated carbocycles. The number of nitrogens with zero attached hydrogens (tertiary/aromatic N) is 1. The molecule has 2 N–H and O–H groups in total. The number of amides is 3. The topological polar surface area (TPSA) is 70.7 Å². The van der Waals surface area contributed by atoms with Crippen molar-refractivity contribution >= 4 is 11.9 Å². The molecule has 0 aromatic rings. The van der Waals surface area contributed by atoms with E-state index in [-0.39, 0.29) is 18.5 Å². The number of morpholine rings is 1. The predicted molar refractivity (Wildman–Crippen MR) is 72.9 cm³/mol. The van der Waals surface area contributed by atoms with Crippen molar-refractivity contribution in [1.82, 2.24) is 15.5 Å². The van der Waals surface area contributed by atoms with Gasteiger partial charge in [-0.2, -0.15) is 0 Å². The van der Waals surface area contributed by atoms with Gasteiger partial charge in [-0.1, -0.05) is 20.3 Å². The molecule has 1 rings (SSSR count). The monoisotopic (exact) mass is 271 g/mol. The minimum absolute atomic E-state index is 0.132. The SMILES string of the molecule is CCCCNC(=O)N1CCOCC1C(=O)NCCC. The van der Waals surface area contributed by atoms with Crippen LogP contribution in [-0.2, 0) is 9.53 Å². The highest BCUT2D eigenvalue weighted by atomic mass is 16.5. The normalized spacial score (nSPS) is 19.1. The first-order valence-electron chi connectivity index (χ1n) is 7.10. The molecule has 0 radical (unpaired) electrons. The maximum Gasteiger partial charge on any atom is 0.318 e. The van der Waals surface area contributed by atoms with Crippen LogP contribution in [0.25, 0.3) is 0 Å². The first-order valence-corrected chi connectivity index (χ1v) is 7.10. The van der Waals surface area contributed by atoms with Crippen molar-refractivity contribution in [2.24, 2.45) is 0 Å². The summed E-state index contributed by atoms with van der Waals surface area (Å²) >= 11 is 0. The minimum atomic E-state index is -0.512. The Labute approximate surface area is 114 Å². The van der Waals surface area contributed by atoms with Gasteiger partial charge in [-0.3, -0.25) is 4.79 Å². The Hall–Kier alpha value is -1.30. The molecule has 110 valence electrons. The molecule has 1 fully saturated rings. The van der Waals surface area contributed by atoms with E-state index in [1.807, 2.05) is 6.92 Å². The second kappa shape index (κ2) is 8.74. The zero-order chi connectivity index (χ0) is 14.1. The molecule has 19 heavy (non-hydrogen) atoms. The average Bonchev–Trinajstić information content (AvgIpc) is 2.45. The van der Waals surface area contributed by atoms with Crippen LogP contribution in [0, 0.1) is 0 Å². The van der Waals surface area contributed by atoms with Crippen molar-refractivity contribution in [3.8, 4) is 0 Å². The van der Waals surface area contributed by atoms with Gasteiger partial charge in [0.1, 0.15) is 6.04 Å². The number of hydrogen-bond donors (Lipinski definition) is 2. The van der Waals surface area contributed by atoms with Crippen LogP contribution in [0.5, 0.6) is 0 Å². The molecule has 1 aliphatic heterocycles. The lowest BCUT2D eigenvalue weighted by molar-refractivity contribution is -0.130. The molecular weight excluding hydrogens is 246 g/mol. The largest absolute Gasteiger partial charge is 0.377 e. The van der Waals surface area contributed by atoms with Gasteiger partial charge < -0.3 is 20.3 Å². The summed E-state index contributed by atoms with van der Waals surface area (Å²) < 4.78 is 5.31. The molecule has 0 spiro atoms. The van der Waals surface area contributed by atoms with E-state index >= 15 is 0 Å². The summed E-state index contributed by atoms with van der Waals surface area (Å²) in [5.41, 5.74) is 0. The van der Waals surface area contributed by atoms with Gasteiger partial charge in [0.2, 0.25) is 5.91 Å².